The second-order valence-corrected chi connectivity index (χ2v) is 9.94. The number of hydrogen-bond donors (Lipinski definition) is 2. The predicted octanol–water partition coefficient (Wildman–Crippen LogP) is 4.80. The molecular weight excluding hydrogens is 666 g/mol. The maximum atomic E-state index is 12.6. The van der Waals surface area contributed by atoms with Crippen molar-refractivity contribution in [1.29, 1.82) is 0 Å². The zero-order valence-corrected chi connectivity index (χ0v) is 23.0. The first kappa shape index (κ1) is 25.9. The third kappa shape index (κ3) is 6.50. The molecule has 0 saturated heterocycles. The van der Waals surface area contributed by atoms with Crippen molar-refractivity contribution >= 4 is 71.8 Å². The highest BCUT2D eigenvalue weighted by Gasteiger charge is 2.17. The number of fused-ring (bicyclic) bond motifs is 1. The van der Waals surface area contributed by atoms with Crippen LogP contribution >= 0.6 is 47.8 Å². The predicted molar refractivity (Wildman–Crippen MR) is 142 cm³/mol. The van der Waals surface area contributed by atoms with E-state index < -0.39 is 17.8 Å². The molecule has 12 heteroatoms. The smallest absolute Gasteiger partial charge is 0.343 e. The lowest BCUT2D eigenvalue weighted by Crippen LogP contribution is -2.34. The Kier molecular flexibility index (Phi) is 8.39. The van der Waals surface area contributed by atoms with E-state index in [2.05, 4.69) is 63.6 Å². The summed E-state index contributed by atoms with van der Waals surface area (Å²) in [6.07, 6.45) is 1.33. The number of rotatable bonds is 7. The van der Waals surface area contributed by atoms with Crippen molar-refractivity contribution < 1.29 is 28.6 Å². The fourth-order valence-electron chi connectivity index (χ4n) is 3.06. The molecule has 2 N–H and O–H groups in total. The minimum Gasteiger partial charge on any atom is -0.454 e. The zero-order valence-electron chi connectivity index (χ0n) is 18.2. The molecule has 0 spiro atoms. The van der Waals surface area contributed by atoms with Gasteiger partial charge in [0.2, 0.25) is 6.79 Å². The molecule has 0 fully saturated rings. The fraction of sp³-hybridized carbons (Fsp3) is 0.0833. The quantitative estimate of drug-likeness (QED) is 0.160. The van der Waals surface area contributed by atoms with Crippen molar-refractivity contribution in [2.75, 3.05) is 13.3 Å². The molecule has 4 rings (SSSR count). The Balaban J connectivity index is 1.37. The van der Waals surface area contributed by atoms with Gasteiger partial charge in [0.1, 0.15) is 0 Å². The molecule has 36 heavy (non-hydrogen) atoms. The molecule has 0 saturated carbocycles. The minimum absolute atomic E-state index is 0.0975. The molecule has 0 aliphatic carbocycles. The molecule has 3 aromatic carbocycles. The summed E-state index contributed by atoms with van der Waals surface area (Å²) in [4.78, 5) is 37.1. The van der Waals surface area contributed by atoms with Crippen LogP contribution in [0.15, 0.2) is 73.1 Å². The lowest BCUT2D eigenvalue weighted by molar-refractivity contribution is -0.120. The van der Waals surface area contributed by atoms with Crippen molar-refractivity contribution in [3.8, 4) is 17.2 Å². The fourth-order valence-corrected chi connectivity index (χ4v) is 4.80. The highest BCUT2D eigenvalue weighted by atomic mass is 79.9. The number of hydrazone groups is 1. The van der Waals surface area contributed by atoms with Crippen molar-refractivity contribution in [3.05, 3.63) is 84.7 Å². The molecular formula is C24H16Br3N3O6. The van der Waals surface area contributed by atoms with Crippen LogP contribution in [0.5, 0.6) is 17.2 Å². The van der Waals surface area contributed by atoms with Crippen LogP contribution in [0.25, 0.3) is 0 Å². The van der Waals surface area contributed by atoms with Crippen LogP contribution in [0.2, 0.25) is 0 Å². The van der Waals surface area contributed by atoms with Gasteiger partial charge in [-0.3, -0.25) is 9.59 Å². The average Bonchev–Trinajstić information content (AvgIpc) is 3.32. The Labute approximate surface area is 230 Å². The topological polar surface area (TPSA) is 115 Å². The maximum Gasteiger partial charge on any atom is 0.343 e. The second kappa shape index (κ2) is 11.7. The van der Waals surface area contributed by atoms with Crippen molar-refractivity contribution in [1.82, 2.24) is 10.7 Å². The summed E-state index contributed by atoms with van der Waals surface area (Å²) in [7, 11) is 0. The van der Waals surface area contributed by atoms with E-state index in [0.29, 0.717) is 37.1 Å². The van der Waals surface area contributed by atoms with E-state index in [1.54, 1.807) is 48.5 Å². The van der Waals surface area contributed by atoms with Crippen LogP contribution in [0.3, 0.4) is 0 Å². The number of carbonyl (C=O) groups excluding carboxylic acids is 3. The van der Waals surface area contributed by atoms with Crippen LogP contribution in [0.1, 0.15) is 26.3 Å². The SMILES string of the molecule is O=C(CNC(=O)c1ccc2c(c1)OCO2)N/N=C\c1cc(Br)cc(Br)c1OC(=O)c1cccc(Br)c1. The summed E-state index contributed by atoms with van der Waals surface area (Å²) in [5.74, 6) is -0.332. The Bertz CT molecular complexity index is 1380. The Morgan fingerprint density at radius 1 is 0.944 bits per heavy atom. The van der Waals surface area contributed by atoms with E-state index in [4.69, 9.17) is 14.2 Å². The molecule has 0 radical (unpaired) electrons. The summed E-state index contributed by atoms with van der Waals surface area (Å²) < 4.78 is 18.0. The summed E-state index contributed by atoms with van der Waals surface area (Å²) in [6, 6.07) is 14.9. The number of nitrogens with zero attached hydrogens (tertiary/aromatic N) is 1. The van der Waals surface area contributed by atoms with E-state index in [1.807, 2.05) is 0 Å². The molecule has 3 aromatic rings. The van der Waals surface area contributed by atoms with Crippen LogP contribution in [0.4, 0.5) is 0 Å². The largest absolute Gasteiger partial charge is 0.454 e. The number of carbonyl (C=O) groups is 3. The zero-order chi connectivity index (χ0) is 25.7. The van der Waals surface area contributed by atoms with Gasteiger partial charge in [-0.15, -0.1) is 0 Å². The van der Waals surface area contributed by atoms with Crippen molar-refractivity contribution in [2.45, 2.75) is 0 Å². The molecule has 0 aromatic heterocycles. The summed E-state index contributed by atoms with van der Waals surface area (Å²) in [5.41, 5.74) is 3.43. The molecule has 1 aliphatic rings. The first-order chi connectivity index (χ1) is 17.3. The number of halogens is 3. The number of amides is 2. The molecule has 1 aliphatic heterocycles. The first-order valence-electron chi connectivity index (χ1n) is 10.3. The van der Waals surface area contributed by atoms with Gasteiger partial charge < -0.3 is 19.5 Å². The van der Waals surface area contributed by atoms with Crippen LogP contribution < -0.4 is 25.0 Å². The number of nitrogens with one attached hydrogen (secondary N) is 2. The molecule has 0 bridgehead atoms. The van der Waals surface area contributed by atoms with Crippen LogP contribution in [0, 0.1) is 0 Å². The molecule has 184 valence electrons. The number of esters is 1. The van der Waals surface area contributed by atoms with Crippen LogP contribution in [-0.4, -0.2) is 37.3 Å². The van der Waals surface area contributed by atoms with Gasteiger partial charge in [0.25, 0.3) is 11.8 Å². The molecule has 0 atom stereocenters. The summed E-state index contributed by atoms with van der Waals surface area (Å²) in [5, 5.41) is 6.43. The monoisotopic (exact) mass is 679 g/mol. The lowest BCUT2D eigenvalue weighted by atomic mass is 10.2. The van der Waals surface area contributed by atoms with Gasteiger partial charge in [0.15, 0.2) is 17.2 Å². The maximum absolute atomic E-state index is 12.6. The van der Waals surface area contributed by atoms with Gasteiger partial charge in [-0.05, 0) is 64.5 Å². The van der Waals surface area contributed by atoms with E-state index in [0.717, 1.165) is 4.47 Å². The Morgan fingerprint density at radius 3 is 2.56 bits per heavy atom. The van der Waals surface area contributed by atoms with Crippen molar-refractivity contribution in [3.63, 3.8) is 0 Å². The third-order valence-electron chi connectivity index (χ3n) is 4.73. The number of benzene rings is 3. The highest BCUT2D eigenvalue weighted by molar-refractivity contribution is 9.11. The first-order valence-corrected chi connectivity index (χ1v) is 12.6. The lowest BCUT2D eigenvalue weighted by Gasteiger charge is -2.11. The van der Waals surface area contributed by atoms with Gasteiger partial charge in [0.05, 0.1) is 22.8 Å². The van der Waals surface area contributed by atoms with Crippen LogP contribution in [-0.2, 0) is 4.79 Å². The normalized spacial score (nSPS) is 11.9. The summed E-state index contributed by atoms with van der Waals surface area (Å²) >= 11 is 10.1. The van der Waals surface area contributed by atoms with Gasteiger partial charge >= 0.3 is 5.97 Å². The van der Waals surface area contributed by atoms with Crippen molar-refractivity contribution in [2.24, 2.45) is 5.10 Å². The van der Waals surface area contributed by atoms with E-state index >= 15 is 0 Å². The standard InChI is InChI=1S/C24H16Br3N3O6/c25-16-3-1-2-14(6-16)24(33)36-22-15(7-17(26)9-18(22)27)10-29-30-21(31)11-28-23(32)13-4-5-19-20(8-13)35-12-34-19/h1-10H,11-12H2,(H,28,32)(H,30,31)/b29-10-. The third-order valence-corrected chi connectivity index (χ3v) is 6.27. The van der Waals surface area contributed by atoms with E-state index in [1.165, 1.54) is 12.3 Å². The average molecular weight is 682 g/mol. The number of hydrogen-bond acceptors (Lipinski definition) is 7. The second-order valence-electron chi connectivity index (χ2n) is 7.25. The van der Waals surface area contributed by atoms with E-state index in [-0.39, 0.29) is 19.1 Å². The molecule has 9 nitrogen and oxygen atoms in total. The van der Waals surface area contributed by atoms with Gasteiger partial charge in [0, 0.05) is 20.1 Å². The van der Waals surface area contributed by atoms with Gasteiger partial charge in [-0.2, -0.15) is 5.10 Å². The van der Waals surface area contributed by atoms with Gasteiger partial charge in [-0.25, -0.2) is 10.2 Å². The molecule has 1 heterocycles. The Hall–Kier alpha value is -3.22. The Morgan fingerprint density at radius 2 is 1.75 bits per heavy atom. The molecule has 0 unspecified atom stereocenters. The van der Waals surface area contributed by atoms with E-state index in [9.17, 15) is 14.4 Å². The van der Waals surface area contributed by atoms with Gasteiger partial charge in [-0.1, -0.05) is 37.9 Å². The number of ether oxygens (including phenoxy) is 3. The minimum atomic E-state index is -0.566. The molecule has 2 amide bonds. The summed E-state index contributed by atoms with van der Waals surface area (Å²) in [6.45, 7) is -0.210. The highest BCUT2D eigenvalue weighted by Crippen LogP contribution is 2.33.